The Morgan fingerprint density at radius 1 is 1.05 bits per heavy atom. The van der Waals surface area contributed by atoms with E-state index in [4.69, 9.17) is 18.9 Å². The molecule has 3 aromatic rings. The number of carbonyl (C=O) groups is 1. The molecule has 0 aliphatic carbocycles. The summed E-state index contributed by atoms with van der Waals surface area (Å²) in [6.45, 7) is 4.24. The largest absolute Gasteiger partial charge is 0.493 e. The molecule has 1 amide bonds. The second-order valence-corrected chi connectivity index (χ2v) is 10.4. The van der Waals surface area contributed by atoms with E-state index in [-0.39, 0.29) is 38.0 Å². The number of nitrogens with zero attached hydrogens (tertiary/aromatic N) is 4. The number of amides is 1. The highest BCUT2D eigenvalue weighted by Crippen LogP contribution is 2.29. The average molecular weight is 589 g/mol. The van der Waals surface area contributed by atoms with Gasteiger partial charge in [0.2, 0.25) is 5.91 Å². The van der Waals surface area contributed by atoms with Crippen molar-refractivity contribution in [1.29, 1.82) is 0 Å². The smallest absolute Gasteiger partial charge is 0.248 e. The number of methoxy groups -OCH3 is 2. The number of imidazole rings is 1. The standard InChI is InChI=1S/C30H38F2N4O6/c1-22-33-7-9-35(22)8-4-12-41-27-6-5-23(13-28(27)40-3)17-34-10-11-36(29(37)18-39-2)20-30(38,19-34)21-42-26-15-24(31)14-25(32)16-26/h5-7,9,13-16,38H,4,8,10-12,17-21H2,1-3H3/t30-/m0/s1. The molecule has 1 aromatic heterocycles. The van der Waals surface area contributed by atoms with Gasteiger partial charge in [-0.25, -0.2) is 13.8 Å². The maximum atomic E-state index is 13.7. The summed E-state index contributed by atoms with van der Waals surface area (Å²) in [5.74, 6) is 0.274. The summed E-state index contributed by atoms with van der Waals surface area (Å²) in [5.41, 5.74) is -0.607. The molecule has 1 aliphatic heterocycles. The van der Waals surface area contributed by atoms with Crippen LogP contribution in [0, 0.1) is 18.6 Å². The Hall–Kier alpha value is -3.74. The summed E-state index contributed by atoms with van der Waals surface area (Å²) < 4.78 is 51.6. The minimum Gasteiger partial charge on any atom is -0.493 e. The lowest BCUT2D eigenvalue weighted by molar-refractivity contribution is -0.138. The highest BCUT2D eigenvalue weighted by atomic mass is 19.1. The summed E-state index contributed by atoms with van der Waals surface area (Å²) in [7, 11) is 3.01. The van der Waals surface area contributed by atoms with Crippen LogP contribution in [-0.4, -0.2) is 96.2 Å². The first-order valence-corrected chi connectivity index (χ1v) is 13.8. The zero-order chi connectivity index (χ0) is 30.1. The fourth-order valence-corrected chi connectivity index (χ4v) is 4.97. The number of halogens is 2. The maximum Gasteiger partial charge on any atom is 0.248 e. The van der Waals surface area contributed by atoms with Gasteiger partial charge in [-0.15, -0.1) is 0 Å². The van der Waals surface area contributed by atoms with Gasteiger partial charge in [0.15, 0.2) is 11.5 Å². The Kier molecular flexibility index (Phi) is 10.7. The third kappa shape index (κ3) is 8.63. The summed E-state index contributed by atoms with van der Waals surface area (Å²) in [6, 6.07) is 8.51. The number of β-amino-alcohol motifs (C(OH)–C–C–N with tert-alkyl or cyclic N) is 1. The predicted molar refractivity (Wildman–Crippen MR) is 151 cm³/mol. The Bertz CT molecular complexity index is 1320. The fourth-order valence-electron chi connectivity index (χ4n) is 4.97. The quantitative estimate of drug-likeness (QED) is 0.305. The zero-order valence-corrected chi connectivity index (χ0v) is 24.2. The van der Waals surface area contributed by atoms with E-state index >= 15 is 0 Å². The number of aromatic nitrogens is 2. The van der Waals surface area contributed by atoms with Crippen molar-refractivity contribution in [2.45, 2.75) is 32.0 Å². The number of ether oxygens (including phenoxy) is 4. The molecule has 1 fully saturated rings. The van der Waals surface area contributed by atoms with E-state index in [0.717, 1.165) is 42.6 Å². The van der Waals surface area contributed by atoms with Gasteiger partial charge in [-0.2, -0.15) is 0 Å². The van der Waals surface area contributed by atoms with Gasteiger partial charge in [0.05, 0.1) is 20.3 Å². The van der Waals surface area contributed by atoms with E-state index in [1.807, 2.05) is 36.2 Å². The van der Waals surface area contributed by atoms with E-state index in [2.05, 4.69) is 9.55 Å². The lowest BCUT2D eigenvalue weighted by Gasteiger charge is -2.33. The van der Waals surface area contributed by atoms with Gasteiger partial charge in [0, 0.05) is 70.4 Å². The number of hydrogen-bond acceptors (Lipinski definition) is 8. The van der Waals surface area contributed by atoms with Gasteiger partial charge in [0.25, 0.3) is 0 Å². The zero-order valence-electron chi connectivity index (χ0n) is 24.2. The summed E-state index contributed by atoms with van der Waals surface area (Å²) >= 11 is 0. The van der Waals surface area contributed by atoms with Crippen molar-refractivity contribution in [2.75, 3.05) is 60.2 Å². The molecule has 12 heteroatoms. The van der Waals surface area contributed by atoms with Crippen molar-refractivity contribution in [3.63, 3.8) is 0 Å². The van der Waals surface area contributed by atoms with Crippen LogP contribution in [0.25, 0.3) is 0 Å². The number of benzene rings is 2. The van der Waals surface area contributed by atoms with Crippen LogP contribution in [0.3, 0.4) is 0 Å². The van der Waals surface area contributed by atoms with Gasteiger partial charge in [-0.05, 0) is 31.0 Å². The molecular weight excluding hydrogens is 550 g/mol. The van der Waals surface area contributed by atoms with Crippen LogP contribution in [0.15, 0.2) is 48.8 Å². The summed E-state index contributed by atoms with van der Waals surface area (Å²) in [6.07, 6.45) is 4.52. The van der Waals surface area contributed by atoms with Crippen LogP contribution in [0.5, 0.6) is 17.2 Å². The Morgan fingerprint density at radius 3 is 2.52 bits per heavy atom. The molecule has 10 nitrogen and oxygen atoms in total. The van der Waals surface area contributed by atoms with Crippen LogP contribution in [0.4, 0.5) is 8.78 Å². The first kappa shape index (κ1) is 31.2. The second-order valence-electron chi connectivity index (χ2n) is 10.4. The Morgan fingerprint density at radius 2 is 1.83 bits per heavy atom. The number of aliphatic hydroxyl groups is 1. The first-order valence-electron chi connectivity index (χ1n) is 13.8. The summed E-state index contributed by atoms with van der Waals surface area (Å²) in [4.78, 5) is 20.4. The molecule has 0 saturated carbocycles. The van der Waals surface area contributed by atoms with Crippen molar-refractivity contribution in [1.82, 2.24) is 19.4 Å². The molecule has 42 heavy (non-hydrogen) atoms. The second kappa shape index (κ2) is 14.4. The van der Waals surface area contributed by atoms with Crippen LogP contribution < -0.4 is 14.2 Å². The van der Waals surface area contributed by atoms with Gasteiger partial charge in [-0.1, -0.05) is 6.07 Å². The molecular formula is C30H38F2N4O6. The number of hydrogen-bond donors (Lipinski definition) is 1. The van der Waals surface area contributed by atoms with Crippen molar-refractivity contribution in [3.05, 3.63) is 71.8 Å². The third-order valence-electron chi connectivity index (χ3n) is 7.01. The third-order valence-corrected chi connectivity index (χ3v) is 7.01. The highest BCUT2D eigenvalue weighted by Gasteiger charge is 2.37. The lowest BCUT2D eigenvalue weighted by atomic mass is 10.0. The van der Waals surface area contributed by atoms with Crippen molar-refractivity contribution >= 4 is 5.91 Å². The fraction of sp³-hybridized carbons (Fsp3) is 0.467. The molecule has 2 aromatic carbocycles. The van der Waals surface area contributed by atoms with Crippen LogP contribution in [0.1, 0.15) is 17.8 Å². The number of aryl methyl sites for hydroxylation is 2. The molecule has 228 valence electrons. The maximum absolute atomic E-state index is 13.7. The monoisotopic (exact) mass is 588 g/mol. The normalized spacial score (nSPS) is 17.6. The number of rotatable bonds is 13. The molecule has 1 atom stereocenters. The molecule has 0 bridgehead atoms. The Balaban J connectivity index is 1.42. The van der Waals surface area contributed by atoms with Gasteiger partial charge >= 0.3 is 0 Å². The van der Waals surface area contributed by atoms with Crippen LogP contribution >= 0.6 is 0 Å². The number of carbonyl (C=O) groups excluding carboxylic acids is 1. The van der Waals surface area contributed by atoms with E-state index in [0.29, 0.717) is 37.7 Å². The molecule has 2 heterocycles. The average Bonchev–Trinajstić information content (AvgIpc) is 3.28. The van der Waals surface area contributed by atoms with Gasteiger partial charge < -0.3 is 33.5 Å². The van der Waals surface area contributed by atoms with Gasteiger partial charge in [0.1, 0.15) is 42.0 Å². The summed E-state index contributed by atoms with van der Waals surface area (Å²) in [5, 5.41) is 11.6. The highest BCUT2D eigenvalue weighted by molar-refractivity contribution is 5.77. The molecule has 1 N–H and O–H groups in total. The topological polar surface area (TPSA) is 98.5 Å². The van der Waals surface area contributed by atoms with Gasteiger partial charge in [-0.3, -0.25) is 9.69 Å². The minimum atomic E-state index is -1.52. The van der Waals surface area contributed by atoms with Crippen molar-refractivity contribution in [3.8, 4) is 17.2 Å². The molecule has 0 unspecified atom stereocenters. The lowest BCUT2D eigenvalue weighted by Crippen LogP contribution is -2.52. The molecule has 1 saturated heterocycles. The molecule has 1 aliphatic rings. The molecule has 0 spiro atoms. The Labute approximate surface area is 244 Å². The van der Waals surface area contributed by atoms with Crippen LogP contribution in [0.2, 0.25) is 0 Å². The SMILES string of the molecule is COCC(=O)N1CCN(Cc2ccc(OCCCn3ccnc3C)c(OC)c2)C[C@@](O)(COc2cc(F)cc(F)c2)C1. The van der Waals surface area contributed by atoms with Crippen molar-refractivity contribution in [2.24, 2.45) is 0 Å². The van der Waals surface area contributed by atoms with E-state index in [1.54, 1.807) is 13.3 Å². The predicted octanol–water partition coefficient (Wildman–Crippen LogP) is 3.05. The van der Waals surface area contributed by atoms with Crippen molar-refractivity contribution < 1.29 is 37.6 Å². The molecule has 0 radical (unpaired) electrons. The molecule has 4 rings (SSSR count). The minimum absolute atomic E-state index is 0.0296. The first-order chi connectivity index (χ1) is 20.2. The van der Waals surface area contributed by atoms with E-state index in [9.17, 15) is 18.7 Å². The van der Waals surface area contributed by atoms with E-state index in [1.165, 1.54) is 12.0 Å². The van der Waals surface area contributed by atoms with E-state index < -0.39 is 17.2 Å². The van der Waals surface area contributed by atoms with Crippen LogP contribution in [-0.2, 0) is 22.6 Å².